The van der Waals surface area contributed by atoms with Crippen molar-refractivity contribution < 1.29 is 9.53 Å². The van der Waals surface area contributed by atoms with E-state index in [2.05, 4.69) is 32.7 Å². The van der Waals surface area contributed by atoms with Crippen molar-refractivity contribution in [2.45, 2.75) is 51.7 Å². The van der Waals surface area contributed by atoms with Gasteiger partial charge in [0.05, 0.1) is 5.69 Å². The van der Waals surface area contributed by atoms with Gasteiger partial charge in [0, 0.05) is 29.0 Å². The van der Waals surface area contributed by atoms with Crippen molar-refractivity contribution in [3.63, 3.8) is 0 Å². The number of nitrogens with zero attached hydrogens (tertiary/aromatic N) is 4. The van der Waals surface area contributed by atoms with E-state index in [1.54, 1.807) is 6.33 Å². The maximum absolute atomic E-state index is 13.0. The summed E-state index contributed by atoms with van der Waals surface area (Å²) in [5, 5.41) is 0.977. The molecule has 2 aromatic heterocycles. The topological polar surface area (TPSA) is 60.2 Å². The van der Waals surface area contributed by atoms with Crippen LogP contribution in [0.15, 0.2) is 73.2 Å². The summed E-state index contributed by atoms with van der Waals surface area (Å²) in [6, 6.07) is 20.6. The molecule has 0 atom stereocenters. The first kappa shape index (κ1) is 21.2. The minimum atomic E-state index is -0.534. The fourth-order valence-corrected chi connectivity index (χ4v) is 4.21. The van der Waals surface area contributed by atoms with Crippen molar-refractivity contribution in [2.75, 3.05) is 4.90 Å². The molecule has 6 heteroatoms. The highest BCUT2D eigenvalue weighted by Gasteiger charge is 2.33. The van der Waals surface area contributed by atoms with Crippen molar-refractivity contribution >= 4 is 22.8 Å². The van der Waals surface area contributed by atoms with Crippen molar-refractivity contribution in [2.24, 2.45) is 0 Å². The Morgan fingerprint density at radius 1 is 1.06 bits per heavy atom. The van der Waals surface area contributed by atoms with Gasteiger partial charge in [-0.2, -0.15) is 0 Å². The summed E-state index contributed by atoms with van der Waals surface area (Å²) in [7, 11) is 0. The molecule has 5 rings (SSSR count). The highest BCUT2D eigenvalue weighted by Crippen LogP contribution is 2.34. The molecule has 6 nitrogen and oxygen atoms in total. The van der Waals surface area contributed by atoms with Gasteiger partial charge >= 0.3 is 6.09 Å². The van der Waals surface area contributed by atoms with E-state index in [-0.39, 0.29) is 12.1 Å². The molecular weight excluding hydrogens is 412 g/mol. The Morgan fingerprint density at radius 2 is 1.79 bits per heavy atom. The van der Waals surface area contributed by atoms with Crippen LogP contribution in [0.4, 0.5) is 10.5 Å². The number of hydrogen-bond acceptors (Lipinski definition) is 4. The molecule has 0 spiro atoms. The van der Waals surface area contributed by atoms with Crippen LogP contribution in [-0.4, -0.2) is 32.3 Å². The number of ether oxygens (including phenoxy) is 1. The van der Waals surface area contributed by atoms with Gasteiger partial charge < -0.3 is 4.74 Å². The Morgan fingerprint density at radius 3 is 2.42 bits per heavy atom. The molecular formula is C27H28N4O2. The summed E-state index contributed by atoms with van der Waals surface area (Å²) in [4.78, 5) is 23.6. The third-order valence-electron chi connectivity index (χ3n) is 5.95. The summed E-state index contributed by atoms with van der Waals surface area (Å²) >= 11 is 0. The van der Waals surface area contributed by atoms with Gasteiger partial charge in [0.15, 0.2) is 0 Å². The summed E-state index contributed by atoms with van der Waals surface area (Å²) in [5.74, 6) is 0. The first-order valence-electron chi connectivity index (χ1n) is 11.4. The maximum Gasteiger partial charge on any atom is 0.415 e. The smallest absolute Gasteiger partial charge is 0.415 e. The number of amides is 1. The molecule has 1 amide bonds. The minimum absolute atomic E-state index is 0.186. The zero-order chi connectivity index (χ0) is 23.0. The van der Waals surface area contributed by atoms with Gasteiger partial charge in [0.2, 0.25) is 0 Å². The van der Waals surface area contributed by atoms with E-state index in [0.717, 1.165) is 52.9 Å². The highest BCUT2D eigenvalue weighted by atomic mass is 16.6. The van der Waals surface area contributed by atoms with Crippen LogP contribution in [0, 0.1) is 0 Å². The molecule has 4 aromatic rings. The summed E-state index contributed by atoms with van der Waals surface area (Å²) in [6.07, 6.45) is 6.25. The second kappa shape index (κ2) is 8.35. The standard InChI is InChI=1S/C27H28N4O2/c1-27(2,3)33-26(32)30(21-10-7-11-21)22-12-14-23(15-13-22)31-24(19-8-5-4-6-9-19)16-20-17-28-18-29-25(20)31/h4-6,8-9,12-18,21H,7,10-11H2,1-3H3. The Bertz CT molecular complexity index is 1270. The van der Waals surface area contributed by atoms with Gasteiger partial charge in [0.1, 0.15) is 17.6 Å². The lowest BCUT2D eigenvalue weighted by Crippen LogP contribution is -2.46. The Kier molecular flexibility index (Phi) is 5.36. The molecule has 0 N–H and O–H groups in total. The average molecular weight is 441 g/mol. The van der Waals surface area contributed by atoms with Gasteiger partial charge in [-0.15, -0.1) is 0 Å². The van der Waals surface area contributed by atoms with Gasteiger partial charge in [-0.1, -0.05) is 30.3 Å². The Hall–Kier alpha value is -3.67. The number of aromatic nitrogens is 3. The van der Waals surface area contributed by atoms with E-state index < -0.39 is 5.60 Å². The number of benzene rings is 2. The van der Waals surface area contributed by atoms with Crippen LogP contribution in [0.3, 0.4) is 0 Å². The molecule has 1 fully saturated rings. The van der Waals surface area contributed by atoms with Crippen LogP contribution in [-0.2, 0) is 4.74 Å². The molecule has 168 valence electrons. The second-order valence-corrected chi connectivity index (χ2v) is 9.48. The Labute approximate surface area is 193 Å². The molecule has 2 aromatic carbocycles. The number of hydrogen-bond donors (Lipinski definition) is 0. The van der Waals surface area contributed by atoms with Crippen LogP contribution in [0.25, 0.3) is 28.0 Å². The number of fused-ring (bicyclic) bond motifs is 1. The van der Waals surface area contributed by atoms with Crippen LogP contribution in [0.1, 0.15) is 40.0 Å². The zero-order valence-corrected chi connectivity index (χ0v) is 19.2. The van der Waals surface area contributed by atoms with E-state index in [1.807, 2.05) is 74.3 Å². The first-order valence-corrected chi connectivity index (χ1v) is 11.4. The number of anilines is 1. The second-order valence-electron chi connectivity index (χ2n) is 9.48. The lowest BCUT2D eigenvalue weighted by atomic mass is 9.91. The van der Waals surface area contributed by atoms with E-state index in [4.69, 9.17) is 4.74 Å². The van der Waals surface area contributed by atoms with Crippen LogP contribution < -0.4 is 4.90 Å². The van der Waals surface area contributed by atoms with Gasteiger partial charge in [-0.3, -0.25) is 9.47 Å². The minimum Gasteiger partial charge on any atom is -0.443 e. The predicted molar refractivity (Wildman–Crippen MR) is 131 cm³/mol. The molecule has 33 heavy (non-hydrogen) atoms. The Balaban J connectivity index is 1.55. The predicted octanol–water partition coefficient (Wildman–Crippen LogP) is 6.38. The molecule has 1 aliphatic carbocycles. The van der Waals surface area contributed by atoms with E-state index in [1.165, 1.54) is 0 Å². The molecule has 1 aliphatic rings. The van der Waals surface area contributed by atoms with Gasteiger partial charge in [-0.05, 0) is 75.9 Å². The maximum atomic E-state index is 13.0. The van der Waals surface area contributed by atoms with E-state index in [0.29, 0.717) is 0 Å². The number of rotatable bonds is 4. The summed E-state index contributed by atoms with van der Waals surface area (Å²) in [6.45, 7) is 5.70. The SMILES string of the molecule is CC(C)(C)OC(=O)N(c1ccc(-n2c(-c3ccccc3)cc3cncnc32)cc1)C1CCC1. The first-order chi connectivity index (χ1) is 15.9. The summed E-state index contributed by atoms with van der Waals surface area (Å²) in [5.41, 5.74) is 4.29. The molecule has 0 saturated heterocycles. The zero-order valence-electron chi connectivity index (χ0n) is 19.2. The van der Waals surface area contributed by atoms with E-state index >= 15 is 0 Å². The normalized spacial score (nSPS) is 14.2. The molecule has 0 bridgehead atoms. The number of carbonyl (C=O) groups is 1. The number of carbonyl (C=O) groups excluding carboxylic acids is 1. The fourth-order valence-electron chi connectivity index (χ4n) is 4.21. The van der Waals surface area contributed by atoms with Crippen molar-refractivity contribution in [1.82, 2.24) is 14.5 Å². The van der Waals surface area contributed by atoms with Crippen molar-refractivity contribution in [1.29, 1.82) is 0 Å². The van der Waals surface area contributed by atoms with E-state index in [9.17, 15) is 4.79 Å². The molecule has 0 unspecified atom stereocenters. The molecule has 0 aliphatic heterocycles. The largest absolute Gasteiger partial charge is 0.443 e. The third-order valence-corrected chi connectivity index (χ3v) is 5.95. The fraction of sp³-hybridized carbons (Fsp3) is 0.296. The molecule has 1 saturated carbocycles. The lowest BCUT2D eigenvalue weighted by Gasteiger charge is -2.38. The molecule has 0 radical (unpaired) electrons. The monoisotopic (exact) mass is 440 g/mol. The molecule has 2 heterocycles. The van der Waals surface area contributed by atoms with Crippen LogP contribution in [0.5, 0.6) is 0 Å². The van der Waals surface area contributed by atoms with Gasteiger partial charge in [-0.25, -0.2) is 14.8 Å². The van der Waals surface area contributed by atoms with Crippen molar-refractivity contribution in [3.8, 4) is 16.9 Å². The van der Waals surface area contributed by atoms with Crippen molar-refractivity contribution in [3.05, 3.63) is 73.2 Å². The van der Waals surface area contributed by atoms with Crippen LogP contribution in [0.2, 0.25) is 0 Å². The quantitative estimate of drug-likeness (QED) is 0.369. The highest BCUT2D eigenvalue weighted by molar-refractivity contribution is 5.89. The summed E-state index contributed by atoms with van der Waals surface area (Å²) < 4.78 is 7.85. The third kappa shape index (κ3) is 4.21. The van der Waals surface area contributed by atoms with Gasteiger partial charge in [0.25, 0.3) is 0 Å². The van der Waals surface area contributed by atoms with Crippen LogP contribution >= 0.6 is 0 Å². The lowest BCUT2D eigenvalue weighted by molar-refractivity contribution is 0.0549. The average Bonchev–Trinajstić information content (AvgIpc) is 3.15.